The third kappa shape index (κ3) is 1.72. The number of rotatable bonds is 1. The lowest BCUT2D eigenvalue weighted by atomic mass is 10.2. The van der Waals surface area contributed by atoms with Crippen LogP contribution >= 0.6 is 15.9 Å². The number of nitrogen functional groups attached to an aromatic ring is 1. The van der Waals surface area contributed by atoms with Crippen LogP contribution in [0, 0.1) is 5.82 Å². The van der Waals surface area contributed by atoms with Crippen LogP contribution in [0.5, 0.6) is 0 Å². The molecule has 1 aromatic carbocycles. The van der Waals surface area contributed by atoms with Crippen molar-refractivity contribution >= 4 is 21.6 Å². The third-order valence-corrected chi connectivity index (χ3v) is 1.91. The van der Waals surface area contributed by atoms with E-state index in [2.05, 4.69) is 15.9 Å². The molecule has 0 atom stereocenters. The molecule has 0 fully saturated rings. The van der Waals surface area contributed by atoms with Crippen molar-refractivity contribution in [2.45, 2.75) is 6.43 Å². The first kappa shape index (κ1) is 9.38. The molecule has 1 aromatic rings. The van der Waals surface area contributed by atoms with Crippen molar-refractivity contribution in [1.29, 1.82) is 0 Å². The Morgan fingerprint density at radius 2 is 1.92 bits per heavy atom. The minimum atomic E-state index is -2.64. The highest BCUT2D eigenvalue weighted by Gasteiger charge is 2.12. The van der Waals surface area contributed by atoms with Gasteiger partial charge in [-0.05, 0) is 28.1 Å². The van der Waals surface area contributed by atoms with E-state index in [1.807, 2.05) is 0 Å². The molecule has 0 saturated carbocycles. The zero-order valence-electron chi connectivity index (χ0n) is 5.82. The maximum atomic E-state index is 12.8. The summed E-state index contributed by atoms with van der Waals surface area (Å²) in [6.07, 6.45) is -2.64. The van der Waals surface area contributed by atoms with E-state index in [9.17, 15) is 13.2 Å². The third-order valence-electron chi connectivity index (χ3n) is 1.33. The Labute approximate surface area is 75.5 Å². The molecule has 0 heterocycles. The Hall–Kier alpha value is -0.710. The van der Waals surface area contributed by atoms with Crippen molar-refractivity contribution < 1.29 is 13.2 Å². The number of halogens is 4. The zero-order valence-corrected chi connectivity index (χ0v) is 7.41. The normalized spacial score (nSPS) is 10.8. The molecule has 0 aliphatic rings. The summed E-state index contributed by atoms with van der Waals surface area (Å²) >= 11 is 2.78. The molecule has 0 aliphatic carbocycles. The minimum Gasteiger partial charge on any atom is -0.396 e. The van der Waals surface area contributed by atoms with E-state index < -0.39 is 12.2 Å². The fraction of sp³-hybridized carbons (Fsp3) is 0.143. The summed E-state index contributed by atoms with van der Waals surface area (Å²) in [5.41, 5.74) is 4.55. The molecule has 12 heavy (non-hydrogen) atoms. The second-order valence-corrected chi connectivity index (χ2v) is 3.06. The molecule has 0 bridgehead atoms. The molecule has 1 rings (SSSR count). The smallest absolute Gasteiger partial charge is 0.263 e. The number of hydrogen-bond acceptors (Lipinski definition) is 1. The number of hydrogen-bond donors (Lipinski definition) is 1. The first-order chi connectivity index (χ1) is 5.52. The van der Waals surface area contributed by atoms with Crippen LogP contribution < -0.4 is 5.73 Å². The van der Waals surface area contributed by atoms with Crippen LogP contribution in [0.2, 0.25) is 0 Å². The molecule has 0 amide bonds. The van der Waals surface area contributed by atoms with Gasteiger partial charge in [-0.25, -0.2) is 13.2 Å². The highest BCUT2D eigenvalue weighted by molar-refractivity contribution is 9.10. The van der Waals surface area contributed by atoms with Crippen molar-refractivity contribution in [3.05, 3.63) is 28.0 Å². The predicted octanol–water partition coefficient (Wildman–Crippen LogP) is 3.11. The molecule has 0 unspecified atom stereocenters. The molecule has 1 nitrogen and oxygen atoms in total. The first-order valence-corrected chi connectivity index (χ1v) is 3.84. The van der Waals surface area contributed by atoms with E-state index in [-0.39, 0.29) is 15.7 Å². The van der Waals surface area contributed by atoms with Crippen molar-refractivity contribution in [2.75, 3.05) is 5.73 Å². The summed E-state index contributed by atoms with van der Waals surface area (Å²) in [6, 6.07) is 1.93. The van der Waals surface area contributed by atoms with Crippen LogP contribution in [0.25, 0.3) is 0 Å². The van der Waals surface area contributed by atoms with E-state index in [1.165, 1.54) is 0 Å². The molecule has 0 aromatic heterocycles. The van der Waals surface area contributed by atoms with Gasteiger partial charge in [-0.15, -0.1) is 0 Å². The molecule has 2 N–H and O–H groups in total. The fourth-order valence-corrected chi connectivity index (χ4v) is 1.25. The lowest BCUT2D eigenvalue weighted by Gasteiger charge is -2.03. The fourth-order valence-electron chi connectivity index (χ4n) is 0.758. The van der Waals surface area contributed by atoms with Gasteiger partial charge in [0.1, 0.15) is 0 Å². The van der Waals surface area contributed by atoms with Crippen molar-refractivity contribution in [2.24, 2.45) is 0 Å². The Morgan fingerprint density at radius 1 is 1.33 bits per heavy atom. The molecular weight excluding hydrogens is 235 g/mol. The van der Waals surface area contributed by atoms with Crippen molar-refractivity contribution in [3.63, 3.8) is 0 Å². The van der Waals surface area contributed by atoms with Gasteiger partial charge in [0.25, 0.3) is 6.43 Å². The largest absolute Gasteiger partial charge is 0.396 e. The number of nitrogens with two attached hydrogens (primary N) is 1. The van der Waals surface area contributed by atoms with Crippen LogP contribution in [0.3, 0.4) is 0 Å². The summed E-state index contributed by atoms with van der Waals surface area (Å²) in [4.78, 5) is 0. The molecule has 0 radical (unpaired) electrons. The van der Waals surface area contributed by atoms with Gasteiger partial charge in [-0.3, -0.25) is 0 Å². The highest BCUT2D eigenvalue weighted by Crippen LogP contribution is 2.28. The van der Waals surface area contributed by atoms with Crippen LogP contribution in [0.4, 0.5) is 18.9 Å². The first-order valence-electron chi connectivity index (χ1n) is 3.05. The van der Waals surface area contributed by atoms with E-state index in [0.29, 0.717) is 0 Å². The quantitative estimate of drug-likeness (QED) is 0.750. The van der Waals surface area contributed by atoms with Crippen molar-refractivity contribution in [3.8, 4) is 0 Å². The average molecular weight is 240 g/mol. The van der Waals surface area contributed by atoms with E-state index in [4.69, 9.17) is 5.73 Å². The van der Waals surface area contributed by atoms with Gasteiger partial charge in [0.2, 0.25) is 0 Å². The molecular formula is C7H5BrF3N. The van der Waals surface area contributed by atoms with Gasteiger partial charge in [0, 0.05) is 5.56 Å². The number of anilines is 1. The SMILES string of the molecule is Nc1cc(C(F)F)cc(Br)c1F. The second-order valence-electron chi connectivity index (χ2n) is 2.21. The van der Waals surface area contributed by atoms with Crippen LogP contribution in [-0.4, -0.2) is 0 Å². The summed E-state index contributed by atoms with van der Waals surface area (Å²) in [5, 5.41) is 0. The summed E-state index contributed by atoms with van der Waals surface area (Å²) in [5.74, 6) is -0.709. The standard InChI is InChI=1S/C7H5BrF3N/c8-4-1-3(7(10)11)2-5(12)6(4)9/h1-2,7H,12H2. The summed E-state index contributed by atoms with van der Waals surface area (Å²) in [7, 11) is 0. The molecule has 0 spiro atoms. The summed E-state index contributed by atoms with van der Waals surface area (Å²) < 4.78 is 36.8. The molecule has 0 aliphatic heterocycles. The highest BCUT2D eigenvalue weighted by atomic mass is 79.9. The lowest BCUT2D eigenvalue weighted by molar-refractivity contribution is 0.151. The van der Waals surface area contributed by atoms with Crippen LogP contribution in [0.1, 0.15) is 12.0 Å². The Kier molecular flexibility index (Phi) is 2.62. The van der Waals surface area contributed by atoms with Crippen LogP contribution in [-0.2, 0) is 0 Å². The summed E-state index contributed by atoms with van der Waals surface area (Å²) in [6.45, 7) is 0. The van der Waals surface area contributed by atoms with Gasteiger partial charge < -0.3 is 5.73 Å². The van der Waals surface area contributed by atoms with E-state index in [1.54, 1.807) is 0 Å². The Bertz CT molecular complexity index is 278. The molecule has 5 heteroatoms. The minimum absolute atomic E-state index is 0.0437. The van der Waals surface area contributed by atoms with Gasteiger partial charge in [-0.2, -0.15) is 0 Å². The second kappa shape index (κ2) is 3.35. The maximum Gasteiger partial charge on any atom is 0.263 e. The lowest BCUT2D eigenvalue weighted by Crippen LogP contribution is -1.95. The molecule has 0 saturated heterocycles. The number of benzene rings is 1. The van der Waals surface area contributed by atoms with Crippen LogP contribution in [0.15, 0.2) is 16.6 Å². The van der Waals surface area contributed by atoms with Gasteiger partial charge in [0.05, 0.1) is 10.2 Å². The maximum absolute atomic E-state index is 12.8. The predicted molar refractivity (Wildman–Crippen MR) is 43.5 cm³/mol. The Balaban J connectivity index is 3.21. The molecule has 66 valence electrons. The topological polar surface area (TPSA) is 26.0 Å². The zero-order chi connectivity index (χ0) is 9.30. The Morgan fingerprint density at radius 3 is 2.33 bits per heavy atom. The van der Waals surface area contributed by atoms with E-state index >= 15 is 0 Å². The average Bonchev–Trinajstić information content (AvgIpc) is 1.99. The monoisotopic (exact) mass is 239 g/mol. The van der Waals surface area contributed by atoms with Gasteiger partial charge in [-0.1, -0.05) is 0 Å². The number of alkyl halides is 2. The van der Waals surface area contributed by atoms with Gasteiger partial charge in [0.15, 0.2) is 5.82 Å². The van der Waals surface area contributed by atoms with Crippen molar-refractivity contribution in [1.82, 2.24) is 0 Å². The van der Waals surface area contributed by atoms with Gasteiger partial charge >= 0.3 is 0 Å². The van der Waals surface area contributed by atoms with E-state index in [0.717, 1.165) is 12.1 Å².